The minimum absolute atomic E-state index is 0.0408. The summed E-state index contributed by atoms with van der Waals surface area (Å²) in [4.78, 5) is 12.4. The number of primary amides is 1. The number of hydrogen-bond acceptors (Lipinski definition) is 7. The molecule has 8 nitrogen and oxygen atoms in total. The van der Waals surface area contributed by atoms with Gasteiger partial charge >= 0.3 is 0 Å². The Balaban J connectivity index is 2.57. The molecule has 0 atom stereocenters. The predicted octanol–water partition coefficient (Wildman–Crippen LogP) is 1.39. The molecule has 0 aromatic heterocycles. The Bertz CT molecular complexity index is 836. The van der Waals surface area contributed by atoms with Gasteiger partial charge in [0, 0.05) is 16.6 Å². The van der Waals surface area contributed by atoms with Crippen molar-refractivity contribution in [1.29, 1.82) is 10.8 Å². The van der Waals surface area contributed by atoms with Crippen LogP contribution in [0.25, 0.3) is 0 Å². The number of rotatable bonds is 2. The van der Waals surface area contributed by atoms with E-state index in [1.54, 1.807) is 0 Å². The lowest BCUT2D eigenvalue weighted by atomic mass is 10.1. The smallest absolute Gasteiger partial charge is 0.284 e. The highest BCUT2D eigenvalue weighted by atomic mass is 32.1. The number of carbonyl (C=O) groups excluding carboxylic acids is 1. The molecule has 124 valence electrons. The second kappa shape index (κ2) is 6.50. The summed E-state index contributed by atoms with van der Waals surface area (Å²) in [6.07, 6.45) is 0. The van der Waals surface area contributed by atoms with E-state index in [0.717, 1.165) is 11.0 Å². The summed E-state index contributed by atoms with van der Waals surface area (Å²) in [6, 6.07) is 7.59. The minimum Gasteiger partial charge on any atom is -0.508 e. The summed E-state index contributed by atoms with van der Waals surface area (Å²) in [7, 11) is 0. The monoisotopic (exact) mass is 346 g/mol. The van der Waals surface area contributed by atoms with Crippen molar-refractivity contribution < 1.29 is 20.1 Å². The lowest BCUT2D eigenvalue weighted by Gasteiger charge is -2.25. The van der Waals surface area contributed by atoms with Gasteiger partial charge in [-0.2, -0.15) is 0 Å². The number of nitrogens with zero attached hydrogens (tertiary/aromatic N) is 1. The number of carbonyl (C=O) groups is 1. The molecule has 0 radical (unpaired) electrons. The topological polar surface area (TPSA) is 155 Å². The molecule has 2 aromatic carbocycles. The Hall–Kier alpha value is -3.20. The largest absolute Gasteiger partial charge is 0.508 e. The fourth-order valence-corrected chi connectivity index (χ4v) is 2.15. The second-order valence-electron chi connectivity index (χ2n) is 4.77. The number of phenolic OH excluding ortho intramolecular Hbond substituents is 3. The number of benzene rings is 2. The maximum atomic E-state index is 11.4. The number of aromatic hydroxyl groups is 3. The van der Waals surface area contributed by atoms with Crippen molar-refractivity contribution in [2.75, 3.05) is 4.90 Å². The van der Waals surface area contributed by atoms with E-state index >= 15 is 0 Å². The first kappa shape index (κ1) is 17.2. The quantitative estimate of drug-likeness (QED) is 0.249. The van der Waals surface area contributed by atoms with Gasteiger partial charge in [0.05, 0.1) is 5.56 Å². The molecule has 24 heavy (non-hydrogen) atoms. The number of anilines is 1. The molecule has 0 aliphatic rings. The van der Waals surface area contributed by atoms with Crippen molar-refractivity contribution in [3.05, 3.63) is 42.0 Å². The van der Waals surface area contributed by atoms with E-state index in [1.807, 2.05) is 0 Å². The number of hydrogen-bond donors (Lipinski definition) is 7. The zero-order valence-corrected chi connectivity index (χ0v) is 13.1. The fraction of sp³-hybridized carbons (Fsp3) is 0. The molecule has 0 aliphatic carbocycles. The molecular weight excluding hydrogens is 332 g/mol. The van der Waals surface area contributed by atoms with Gasteiger partial charge < -0.3 is 21.1 Å². The van der Waals surface area contributed by atoms with Crippen LogP contribution in [-0.2, 0) is 4.79 Å². The molecule has 0 heterocycles. The van der Waals surface area contributed by atoms with Crippen molar-refractivity contribution in [1.82, 2.24) is 0 Å². The SMILES string of the molecule is N=C(C(N)=O)N(C(=N)c1cc(S)c(O)cc1O)c1ccc(O)cc1. The van der Waals surface area contributed by atoms with Crippen molar-refractivity contribution in [2.24, 2.45) is 5.73 Å². The molecule has 1 amide bonds. The summed E-state index contributed by atoms with van der Waals surface area (Å²) in [6.45, 7) is 0. The fourth-order valence-electron chi connectivity index (χ4n) is 1.96. The minimum atomic E-state index is -1.09. The van der Waals surface area contributed by atoms with Gasteiger partial charge in [0.2, 0.25) is 0 Å². The number of nitrogens with one attached hydrogen (secondary N) is 2. The van der Waals surface area contributed by atoms with Crippen LogP contribution in [0.5, 0.6) is 17.2 Å². The van der Waals surface area contributed by atoms with Gasteiger partial charge in [0.25, 0.3) is 5.91 Å². The van der Waals surface area contributed by atoms with Gasteiger partial charge in [-0.1, -0.05) is 0 Å². The Morgan fingerprint density at radius 2 is 1.62 bits per heavy atom. The lowest BCUT2D eigenvalue weighted by Crippen LogP contribution is -2.44. The highest BCUT2D eigenvalue weighted by Crippen LogP contribution is 2.31. The van der Waals surface area contributed by atoms with E-state index in [-0.39, 0.29) is 27.6 Å². The molecular formula is C15H14N4O4S. The number of nitrogens with two attached hydrogens (primary N) is 1. The van der Waals surface area contributed by atoms with Gasteiger partial charge in [0.1, 0.15) is 23.1 Å². The van der Waals surface area contributed by atoms with Gasteiger partial charge in [-0.3, -0.25) is 20.5 Å². The molecule has 0 fully saturated rings. The van der Waals surface area contributed by atoms with Crippen LogP contribution in [0, 0.1) is 10.8 Å². The van der Waals surface area contributed by atoms with Crippen molar-refractivity contribution in [2.45, 2.75) is 4.90 Å². The van der Waals surface area contributed by atoms with Crippen LogP contribution in [0.15, 0.2) is 41.3 Å². The van der Waals surface area contributed by atoms with Gasteiger partial charge in [-0.25, -0.2) is 0 Å². The maximum absolute atomic E-state index is 11.4. The molecule has 0 aliphatic heterocycles. The Morgan fingerprint density at radius 1 is 1.04 bits per heavy atom. The van der Waals surface area contributed by atoms with Gasteiger partial charge in [-0.05, 0) is 30.3 Å². The van der Waals surface area contributed by atoms with Crippen LogP contribution < -0.4 is 10.6 Å². The van der Waals surface area contributed by atoms with Crippen LogP contribution in [0.2, 0.25) is 0 Å². The summed E-state index contributed by atoms with van der Waals surface area (Å²) in [5, 5.41) is 44.9. The summed E-state index contributed by atoms with van der Waals surface area (Å²) < 4.78 is 0. The Kier molecular flexibility index (Phi) is 4.65. The third kappa shape index (κ3) is 3.25. The van der Waals surface area contributed by atoms with E-state index in [2.05, 4.69) is 12.6 Å². The third-order valence-corrected chi connectivity index (χ3v) is 3.49. The Labute approximate surface area is 142 Å². The van der Waals surface area contributed by atoms with Crippen LogP contribution in [0.1, 0.15) is 5.56 Å². The normalized spacial score (nSPS) is 10.2. The highest BCUT2D eigenvalue weighted by molar-refractivity contribution is 7.80. The summed E-state index contributed by atoms with van der Waals surface area (Å²) in [5.74, 6) is -2.99. The number of phenols is 3. The zero-order chi connectivity index (χ0) is 18.0. The van der Waals surface area contributed by atoms with E-state index in [9.17, 15) is 20.1 Å². The zero-order valence-electron chi connectivity index (χ0n) is 12.2. The first-order chi connectivity index (χ1) is 11.2. The second-order valence-corrected chi connectivity index (χ2v) is 5.25. The number of amidine groups is 2. The number of amides is 1. The lowest BCUT2D eigenvalue weighted by molar-refractivity contribution is -0.112. The molecule has 7 N–H and O–H groups in total. The average Bonchev–Trinajstić information content (AvgIpc) is 2.52. The number of thiol groups is 1. The first-order valence-corrected chi connectivity index (χ1v) is 6.98. The molecule has 0 saturated carbocycles. The highest BCUT2D eigenvalue weighted by Gasteiger charge is 2.25. The van der Waals surface area contributed by atoms with E-state index < -0.39 is 23.3 Å². The molecule has 0 spiro atoms. The summed E-state index contributed by atoms with van der Waals surface area (Å²) >= 11 is 4.02. The Morgan fingerprint density at radius 3 is 2.17 bits per heavy atom. The molecule has 2 rings (SSSR count). The third-order valence-electron chi connectivity index (χ3n) is 3.14. The first-order valence-electron chi connectivity index (χ1n) is 6.53. The van der Waals surface area contributed by atoms with Crippen molar-refractivity contribution in [3.63, 3.8) is 0 Å². The van der Waals surface area contributed by atoms with Gasteiger partial charge in [0.15, 0.2) is 5.84 Å². The molecule has 9 heteroatoms. The van der Waals surface area contributed by atoms with E-state index in [0.29, 0.717) is 0 Å². The van der Waals surface area contributed by atoms with Crippen LogP contribution >= 0.6 is 12.6 Å². The van der Waals surface area contributed by atoms with Gasteiger partial charge in [-0.15, -0.1) is 12.6 Å². The van der Waals surface area contributed by atoms with Crippen molar-refractivity contribution in [3.8, 4) is 17.2 Å². The summed E-state index contributed by atoms with van der Waals surface area (Å²) in [5.41, 5.74) is 5.27. The maximum Gasteiger partial charge on any atom is 0.284 e. The van der Waals surface area contributed by atoms with Crippen molar-refractivity contribution >= 4 is 35.9 Å². The van der Waals surface area contributed by atoms with Crippen LogP contribution in [-0.4, -0.2) is 32.9 Å². The predicted molar refractivity (Wildman–Crippen MR) is 91.4 cm³/mol. The molecule has 2 aromatic rings. The van der Waals surface area contributed by atoms with E-state index in [4.69, 9.17) is 16.6 Å². The molecule has 0 saturated heterocycles. The molecule has 0 bridgehead atoms. The standard InChI is InChI=1S/C15H14N4O4S/c16-13(9-5-12(24)11(22)6-10(9)21)19(14(17)15(18)23)7-1-3-8(20)4-2-7/h1-6,16-17,20-22,24H,(H2,18,23). The van der Waals surface area contributed by atoms with Crippen LogP contribution in [0.3, 0.4) is 0 Å². The van der Waals surface area contributed by atoms with Crippen LogP contribution in [0.4, 0.5) is 5.69 Å². The average molecular weight is 346 g/mol. The molecule has 0 unspecified atom stereocenters. The van der Waals surface area contributed by atoms with E-state index in [1.165, 1.54) is 30.3 Å².